The van der Waals surface area contributed by atoms with Gasteiger partial charge in [-0.2, -0.15) is 0 Å². The number of hydrogen-bond acceptors (Lipinski definition) is 8. The van der Waals surface area contributed by atoms with Crippen LogP contribution in [0.25, 0.3) is 21.9 Å². The monoisotopic (exact) mass is 426 g/mol. The van der Waals surface area contributed by atoms with Crippen molar-refractivity contribution in [1.82, 2.24) is 0 Å². The van der Waals surface area contributed by atoms with E-state index in [-0.39, 0.29) is 22.1 Å². The Morgan fingerprint density at radius 1 is 1.06 bits per heavy atom. The van der Waals surface area contributed by atoms with Crippen molar-refractivity contribution in [2.45, 2.75) is 45.5 Å². The van der Waals surface area contributed by atoms with Crippen molar-refractivity contribution >= 4 is 33.9 Å². The molecule has 0 fully saturated rings. The van der Waals surface area contributed by atoms with Gasteiger partial charge in [0.05, 0.1) is 18.1 Å². The minimum Gasteiger partial charge on any atom is -0.496 e. The molecule has 1 aliphatic rings. The summed E-state index contributed by atoms with van der Waals surface area (Å²) >= 11 is 0. The molecule has 3 aromatic rings. The Labute approximate surface area is 177 Å². The van der Waals surface area contributed by atoms with Crippen molar-refractivity contribution < 1.29 is 33.0 Å². The summed E-state index contributed by atoms with van der Waals surface area (Å²) in [4.78, 5) is 37.1. The van der Waals surface area contributed by atoms with Crippen LogP contribution in [0.5, 0.6) is 11.5 Å². The van der Waals surface area contributed by atoms with Crippen molar-refractivity contribution in [3.05, 3.63) is 46.1 Å². The molecule has 4 rings (SSSR count). The molecule has 0 unspecified atom stereocenters. The summed E-state index contributed by atoms with van der Waals surface area (Å²) in [5.41, 5.74) is -0.538. The van der Waals surface area contributed by atoms with Crippen LogP contribution in [0.15, 0.2) is 39.5 Å². The Balaban J connectivity index is 2.13. The van der Waals surface area contributed by atoms with Crippen LogP contribution in [0.1, 0.15) is 39.4 Å². The van der Waals surface area contributed by atoms with E-state index in [1.54, 1.807) is 44.2 Å². The van der Waals surface area contributed by atoms with Crippen molar-refractivity contribution in [3.63, 3.8) is 0 Å². The van der Waals surface area contributed by atoms with E-state index in [1.807, 2.05) is 0 Å². The number of fused-ring (bicyclic) bond motifs is 4. The quantitative estimate of drug-likeness (QED) is 0.462. The summed E-state index contributed by atoms with van der Waals surface area (Å²) in [5.74, 6) is -0.580. The summed E-state index contributed by atoms with van der Waals surface area (Å²) in [7, 11) is 1.44. The molecular weight excluding hydrogens is 404 g/mol. The first-order valence-corrected chi connectivity index (χ1v) is 9.74. The predicted molar refractivity (Wildman–Crippen MR) is 111 cm³/mol. The van der Waals surface area contributed by atoms with Gasteiger partial charge in [-0.05, 0) is 26.0 Å². The molecule has 0 amide bonds. The smallest absolute Gasteiger partial charge is 0.303 e. The Kier molecular flexibility index (Phi) is 4.88. The van der Waals surface area contributed by atoms with Gasteiger partial charge in [0.2, 0.25) is 5.43 Å². The van der Waals surface area contributed by atoms with E-state index in [1.165, 1.54) is 21.0 Å². The van der Waals surface area contributed by atoms with Gasteiger partial charge in [0.25, 0.3) is 0 Å². The van der Waals surface area contributed by atoms with Crippen LogP contribution in [0.2, 0.25) is 0 Å². The van der Waals surface area contributed by atoms with Crippen LogP contribution in [-0.2, 0) is 19.1 Å². The summed E-state index contributed by atoms with van der Waals surface area (Å²) in [5, 5.41) is 0.563. The third-order valence-electron chi connectivity index (χ3n) is 5.24. The second kappa shape index (κ2) is 7.30. The molecule has 1 aromatic heterocycles. The largest absolute Gasteiger partial charge is 0.496 e. The Morgan fingerprint density at radius 2 is 1.74 bits per heavy atom. The summed E-state index contributed by atoms with van der Waals surface area (Å²) in [6, 6.07) is 8.37. The molecule has 0 saturated carbocycles. The van der Waals surface area contributed by atoms with E-state index in [4.69, 9.17) is 23.4 Å². The van der Waals surface area contributed by atoms with E-state index < -0.39 is 29.7 Å². The van der Waals surface area contributed by atoms with E-state index in [0.717, 1.165) is 0 Å². The number of benzene rings is 2. The molecule has 162 valence electrons. The van der Waals surface area contributed by atoms with Crippen LogP contribution >= 0.6 is 0 Å². The van der Waals surface area contributed by atoms with Crippen LogP contribution in [0.4, 0.5) is 0 Å². The first-order valence-electron chi connectivity index (χ1n) is 9.74. The SMILES string of the molecule is COc1cc2c(c3oc4ccccc4c(=O)c13)[C@H](OC(C)=O)[C@H](OC(C)=O)C(C)(C)O2. The molecule has 8 nitrogen and oxygen atoms in total. The van der Waals surface area contributed by atoms with E-state index >= 15 is 0 Å². The highest BCUT2D eigenvalue weighted by Gasteiger charge is 2.50. The Bertz CT molecular complexity index is 1270. The summed E-state index contributed by atoms with van der Waals surface area (Å²) in [6.45, 7) is 5.95. The number of para-hydroxylation sites is 1. The molecule has 0 radical (unpaired) electrons. The Morgan fingerprint density at radius 3 is 2.39 bits per heavy atom. The highest BCUT2D eigenvalue weighted by molar-refractivity contribution is 5.96. The van der Waals surface area contributed by atoms with Gasteiger partial charge in [-0.1, -0.05) is 12.1 Å². The zero-order valence-corrected chi connectivity index (χ0v) is 17.8. The maximum absolute atomic E-state index is 13.3. The van der Waals surface area contributed by atoms with Gasteiger partial charge < -0.3 is 23.4 Å². The molecule has 2 aromatic carbocycles. The third-order valence-corrected chi connectivity index (χ3v) is 5.24. The molecule has 8 heteroatoms. The minimum absolute atomic E-state index is 0.150. The zero-order chi connectivity index (χ0) is 22.5. The highest BCUT2D eigenvalue weighted by Crippen LogP contribution is 2.49. The van der Waals surface area contributed by atoms with Crippen LogP contribution in [0, 0.1) is 0 Å². The van der Waals surface area contributed by atoms with Gasteiger partial charge in [0.15, 0.2) is 17.8 Å². The predicted octanol–water partition coefficient (Wildman–Crippen LogP) is 3.66. The minimum atomic E-state index is -1.06. The fraction of sp³-hybridized carbons (Fsp3) is 0.348. The molecule has 2 atom stereocenters. The van der Waals surface area contributed by atoms with E-state index in [9.17, 15) is 14.4 Å². The normalized spacial score (nSPS) is 19.4. The lowest BCUT2D eigenvalue weighted by Crippen LogP contribution is -2.52. The first kappa shape index (κ1) is 20.7. The van der Waals surface area contributed by atoms with Gasteiger partial charge in [0.1, 0.15) is 28.1 Å². The highest BCUT2D eigenvalue weighted by atomic mass is 16.6. The number of carbonyl (C=O) groups is 2. The molecule has 0 bridgehead atoms. The number of carbonyl (C=O) groups excluding carboxylic acids is 2. The van der Waals surface area contributed by atoms with Crippen molar-refractivity contribution in [3.8, 4) is 11.5 Å². The van der Waals surface area contributed by atoms with Gasteiger partial charge in [-0.15, -0.1) is 0 Å². The zero-order valence-electron chi connectivity index (χ0n) is 17.8. The molecule has 0 spiro atoms. The topological polar surface area (TPSA) is 101 Å². The van der Waals surface area contributed by atoms with Gasteiger partial charge in [0, 0.05) is 19.9 Å². The number of hydrogen-bond donors (Lipinski definition) is 0. The first-order chi connectivity index (χ1) is 14.6. The fourth-order valence-corrected chi connectivity index (χ4v) is 3.99. The van der Waals surface area contributed by atoms with E-state index in [0.29, 0.717) is 22.3 Å². The lowest BCUT2D eigenvalue weighted by Gasteiger charge is -2.43. The number of ether oxygens (including phenoxy) is 4. The third kappa shape index (κ3) is 3.37. The van der Waals surface area contributed by atoms with Gasteiger partial charge in [-0.25, -0.2) is 0 Å². The molecule has 1 aliphatic heterocycles. The number of esters is 2. The number of rotatable bonds is 3. The van der Waals surface area contributed by atoms with E-state index in [2.05, 4.69) is 0 Å². The van der Waals surface area contributed by atoms with Crippen LogP contribution < -0.4 is 14.9 Å². The summed E-state index contributed by atoms with van der Waals surface area (Å²) in [6.07, 6.45) is -2.03. The molecule has 0 N–H and O–H groups in total. The van der Waals surface area contributed by atoms with Crippen molar-refractivity contribution in [2.75, 3.05) is 7.11 Å². The van der Waals surface area contributed by atoms with Gasteiger partial charge >= 0.3 is 11.9 Å². The lowest BCUT2D eigenvalue weighted by molar-refractivity contribution is -0.187. The standard InChI is InChI=1S/C23H22O8/c1-11(24)28-21-18-16(31-23(3,4)22(21)29-12(2)25)10-15(27-5)17-19(26)13-8-6-7-9-14(13)30-20(17)18/h6-10,21-22H,1-5H3/t21-,22-/m0/s1. The summed E-state index contributed by atoms with van der Waals surface area (Å²) < 4.78 is 28.8. The van der Waals surface area contributed by atoms with Crippen molar-refractivity contribution in [2.24, 2.45) is 0 Å². The van der Waals surface area contributed by atoms with Crippen molar-refractivity contribution in [1.29, 1.82) is 0 Å². The number of methoxy groups -OCH3 is 1. The molecule has 31 heavy (non-hydrogen) atoms. The average Bonchev–Trinajstić information content (AvgIpc) is 2.69. The molecule has 0 saturated heterocycles. The second-order valence-electron chi connectivity index (χ2n) is 7.89. The van der Waals surface area contributed by atoms with Crippen LogP contribution in [0.3, 0.4) is 0 Å². The van der Waals surface area contributed by atoms with Crippen LogP contribution in [-0.4, -0.2) is 30.8 Å². The molecular formula is C23H22O8. The molecule has 2 heterocycles. The van der Waals surface area contributed by atoms with Gasteiger partial charge in [-0.3, -0.25) is 14.4 Å². The lowest BCUT2D eigenvalue weighted by atomic mass is 9.86. The fourth-order valence-electron chi connectivity index (χ4n) is 3.99. The maximum Gasteiger partial charge on any atom is 0.303 e. The Hall–Kier alpha value is -3.55. The molecule has 0 aliphatic carbocycles. The second-order valence-corrected chi connectivity index (χ2v) is 7.89. The average molecular weight is 426 g/mol. The maximum atomic E-state index is 13.3.